The van der Waals surface area contributed by atoms with E-state index in [0.29, 0.717) is 12.8 Å². The molecule has 1 aliphatic rings. The van der Waals surface area contributed by atoms with E-state index in [9.17, 15) is 19.5 Å². The first-order valence-corrected chi connectivity index (χ1v) is 8.94. The number of rotatable bonds is 7. The van der Waals surface area contributed by atoms with Gasteiger partial charge in [0.2, 0.25) is 0 Å². The Kier molecular flexibility index (Phi) is 5.67. The summed E-state index contributed by atoms with van der Waals surface area (Å²) in [6, 6.07) is 1.81. The first-order valence-electron chi connectivity index (χ1n) is 8.94. The Balaban J connectivity index is 2.31. The lowest BCUT2D eigenvalue weighted by atomic mass is 9.52. The number of furan rings is 1. The van der Waals surface area contributed by atoms with E-state index in [-0.39, 0.29) is 36.6 Å². The molecule has 2 rings (SSSR count). The summed E-state index contributed by atoms with van der Waals surface area (Å²) >= 11 is 0. The third-order valence-electron chi connectivity index (χ3n) is 5.81. The minimum absolute atomic E-state index is 0.0192. The van der Waals surface area contributed by atoms with Crippen molar-refractivity contribution in [1.29, 1.82) is 0 Å². The molecule has 0 saturated heterocycles. The van der Waals surface area contributed by atoms with Gasteiger partial charge >= 0.3 is 0 Å². The number of ketones is 3. The average Bonchev–Trinajstić information content (AvgIpc) is 3.08. The second-order valence-corrected chi connectivity index (χ2v) is 7.88. The van der Waals surface area contributed by atoms with Crippen molar-refractivity contribution < 1.29 is 23.9 Å². The van der Waals surface area contributed by atoms with Crippen LogP contribution in [0.2, 0.25) is 0 Å². The van der Waals surface area contributed by atoms with E-state index in [1.807, 2.05) is 6.07 Å². The molecule has 0 aromatic carbocycles. The van der Waals surface area contributed by atoms with Crippen LogP contribution in [0.25, 0.3) is 0 Å². The number of carbonyl (C=O) groups excluding carboxylic acids is 3. The monoisotopic (exact) mass is 348 g/mol. The van der Waals surface area contributed by atoms with Crippen LogP contribution in [0.1, 0.15) is 58.9 Å². The van der Waals surface area contributed by atoms with E-state index >= 15 is 0 Å². The molecule has 0 spiro atoms. The lowest BCUT2D eigenvalue weighted by Crippen LogP contribution is -2.56. The van der Waals surface area contributed by atoms with Crippen LogP contribution in [-0.2, 0) is 20.8 Å². The zero-order valence-corrected chi connectivity index (χ0v) is 15.5. The summed E-state index contributed by atoms with van der Waals surface area (Å²) in [7, 11) is 0. The minimum Gasteiger partial charge on any atom is -0.472 e. The summed E-state index contributed by atoms with van der Waals surface area (Å²) in [6.45, 7) is 6.95. The fourth-order valence-electron chi connectivity index (χ4n) is 4.14. The molecule has 1 N–H and O–H groups in total. The molecule has 1 unspecified atom stereocenters. The van der Waals surface area contributed by atoms with Gasteiger partial charge in [-0.2, -0.15) is 0 Å². The zero-order valence-electron chi connectivity index (χ0n) is 15.5. The predicted molar refractivity (Wildman–Crippen MR) is 93.0 cm³/mol. The quantitative estimate of drug-likeness (QED) is 0.818. The van der Waals surface area contributed by atoms with Gasteiger partial charge in [0, 0.05) is 29.6 Å². The molecule has 1 aliphatic carbocycles. The summed E-state index contributed by atoms with van der Waals surface area (Å²) < 4.78 is 5.03. The number of aliphatic hydroxyl groups excluding tert-OH is 1. The van der Waals surface area contributed by atoms with E-state index in [1.54, 1.807) is 40.2 Å². The maximum atomic E-state index is 13.1. The van der Waals surface area contributed by atoms with Crippen molar-refractivity contribution in [2.75, 3.05) is 0 Å². The third kappa shape index (κ3) is 3.61. The summed E-state index contributed by atoms with van der Waals surface area (Å²) in [5.41, 5.74) is -0.959. The van der Waals surface area contributed by atoms with Gasteiger partial charge in [-0.15, -0.1) is 0 Å². The molecule has 0 amide bonds. The molecule has 1 saturated carbocycles. The van der Waals surface area contributed by atoms with Crippen molar-refractivity contribution in [2.45, 2.75) is 65.9 Å². The largest absolute Gasteiger partial charge is 0.472 e. The van der Waals surface area contributed by atoms with E-state index < -0.39 is 22.9 Å². The Hall–Kier alpha value is -1.75. The molecule has 5 nitrogen and oxygen atoms in total. The van der Waals surface area contributed by atoms with Crippen molar-refractivity contribution in [3.05, 3.63) is 24.2 Å². The van der Waals surface area contributed by atoms with Crippen LogP contribution in [0.3, 0.4) is 0 Å². The van der Waals surface area contributed by atoms with Crippen LogP contribution in [0.4, 0.5) is 0 Å². The Morgan fingerprint density at radius 1 is 1.36 bits per heavy atom. The maximum Gasteiger partial charge on any atom is 0.166 e. The van der Waals surface area contributed by atoms with Crippen molar-refractivity contribution in [2.24, 2.45) is 16.7 Å². The van der Waals surface area contributed by atoms with Gasteiger partial charge in [0.05, 0.1) is 12.5 Å². The third-order valence-corrected chi connectivity index (χ3v) is 5.81. The molecule has 1 aromatic rings. The van der Waals surface area contributed by atoms with Gasteiger partial charge < -0.3 is 9.52 Å². The van der Waals surface area contributed by atoms with Crippen LogP contribution < -0.4 is 0 Å². The number of hydrogen-bond donors (Lipinski definition) is 1. The molecule has 1 fully saturated rings. The van der Waals surface area contributed by atoms with E-state index in [2.05, 4.69) is 0 Å². The van der Waals surface area contributed by atoms with Gasteiger partial charge in [0.15, 0.2) is 5.78 Å². The fourth-order valence-corrected chi connectivity index (χ4v) is 4.14. The molecule has 0 radical (unpaired) electrons. The van der Waals surface area contributed by atoms with Crippen LogP contribution in [0.5, 0.6) is 0 Å². The average molecular weight is 348 g/mol. The molecular weight excluding hydrogens is 320 g/mol. The molecule has 1 aromatic heterocycles. The van der Waals surface area contributed by atoms with Gasteiger partial charge in [-0.3, -0.25) is 14.4 Å². The Morgan fingerprint density at radius 2 is 2.04 bits per heavy atom. The fraction of sp³-hybridized carbons (Fsp3) is 0.650. The Bertz CT molecular complexity index is 643. The molecule has 25 heavy (non-hydrogen) atoms. The standard InChI is InChI=1S/C20H28O5/c1-5-14(21)17(24)18-19(2,3)15(22)8-10-20(18,4)16(23)7-6-13-9-11-25-12-13/h9,11-12,14,18,21H,5-8,10H2,1-4H3/t14?,18-,20+/m0/s1. The van der Waals surface area contributed by atoms with Gasteiger partial charge in [-0.25, -0.2) is 0 Å². The molecule has 1 heterocycles. The minimum atomic E-state index is -1.14. The second-order valence-electron chi connectivity index (χ2n) is 7.88. The van der Waals surface area contributed by atoms with Crippen molar-refractivity contribution in [3.63, 3.8) is 0 Å². The topological polar surface area (TPSA) is 84.6 Å². The first-order chi connectivity index (χ1) is 11.6. The number of Topliss-reactive ketones (excluding diaryl/α,β-unsaturated/α-hetero) is 3. The lowest BCUT2D eigenvalue weighted by molar-refractivity contribution is -0.160. The summed E-state index contributed by atoms with van der Waals surface area (Å²) in [5, 5.41) is 10.1. The van der Waals surface area contributed by atoms with E-state index in [0.717, 1.165) is 5.56 Å². The molecule has 3 atom stereocenters. The Labute approximate surface area is 148 Å². The highest BCUT2D eigenvalue weighted by molar-refractivity contribution is 6.01. The highest BCUT2D eigenvalue weighted by atomic mass is 16.3. The van der Waals surface area contributed by atoms with E-state index in [1.165, 1.54) is 0 Å². The highest BCUT2D eigenvalue weighted by Crippen LogP contribution is 2.51. The first kappa shape index (κ1) is 19.6. The Morgan fingerprint density at radius 3 is 2.60 bits per heavy atom. The van der Waals surface area contributed by atoms with Crippen molar-refractivity contribution >= 4 is 17.3 Å². The maximum absolute atomic E-state index is 13.1. The van der Waals surface area contributed by atoms with Gasteiger partial charge in [0.25, 0.3) is 0 Å². The van der Waals surface area contributed by atoms with Gasteiger partial charge in [0.1, 0.15) is 17.7 Å². The van der Waals surface area contributed by atoms with Crippen LogP contribution >= 0.6 is 0 Å². The lowest BCUT2D eigenvalue weighted by Gasteiger charge is -2.48. The SMILES string of the molecule is CCC(O)C(=O)[C@H]1C(C)(C)C(=O)CC[C@]1(C)C(=O)CCc1ccoc1. The molecule has 5 heteroatoms. The zero-order chi connectivity index (χ0) is 18.8. The van der Waals surface area contributed by atoms with E-state index in [4.69, 9.17) is 4.42 Å². The van der Waals surface area contributed by atoms with Crippen LogP contribution in [-0.4, -0.2) is 28.6 Å². The highest BCUT2D eigenvalue weighted by Gasteiger charge is 2.57. The summed E-state index contributed by atoms with van der Waals surface area (Å²) in [4.78, 5) is 38.4. The molecule has 0 bridgehead atoms. The normalized spacial score (nSPS) is 27.1. The van der Waals surface area contributed by atoms with Crippen molar-refractivity contribution in [1.82, 2.24) is 0 Å². The number of aliphatic hydroxyl groups is 1. The predicted octanol–water partition coefficient (Wildman–Crippen LogP) is 3.13. The van der Waals surface area contributed by atoms with Gasteiger partial charge in [-0.1, -0.05) is 27.7 Å². The molecule has 138 valence electrons. The number of carbonyl (C=O) groups is 3. The smallest absolute Gasteiger partial charge is 0.166 e. The van der Waals surface area contributed by atoms with Crippen LogP contribution in [0.15, 0.2) is 23.0 Å². The second kappa shape index (κ2) is 7.24. The van der Waals surface area contributed by atoms with Crippen LogP contribution in [0, 0.1) is 16.7 Å². The molecule has 0 aliphatic heterocycles. The van der Waals surface area contributed by atoms with Gasteiger partial charge in [-0.05, 0) is 30.9 Å². The number of aryl methyl sites for hydroxylation is 1. The van der Waals surface area contributed by atoms with Crippen molar-refractivity contribution in [3.8, 4) is 0 Å². The molecular formula is C20H28O5. The summed E-state index contributed by atoms with van der Waals surface area (Å²) in [5.74, 6) is -1.24. The summed E-state index contributed by atoms with van der Waals surface area (Å²) in [6.07, 6.45) is 3.76. The number of hydrogen-bond acceptors (Lipinski definition) is 5.